The van der Waals surface area contributed by atoms with Crippen molar-refractivity contribution in [2.45, 2.75) is 44.5 Å². The molecule has 0 saturated carbocycles. The molecule has 1 aliphatic carbocycles. The molecule has 0 spiro atoms. The van der Waals surface area contributed by atoms with E-state index in [0.717, 1.165) is 29.5 Å². The van der Waals surface area contributed by atoms with Crippen molar-refractivity contribution in [1.29, 1.82) is 0 Å². The Morgan fingerprint density at radius 3 is 2.89 bits per heavy atom. The Morgan fingerprint density at radius 1 is 1.37 bits per heavy atom. The van der Waals surface area contributed by atoms with E-state index in [0.29, 0.717) is 17.3 Å². The SMILES string of the molecule is C[C@H](OC(=O)CCSCc1nc2sc3c(c2c(=O)[nH]1)CCC3)C(=O)N(C)C. The first-order valence-electron chi connectivity index (χ1n) is 8.88. The van der Waals surface area contributed by atoms with E-state index in [1.54, 1.807) is 32.4 Å². The number of ether oxygens (including phenoxy) is 1. The van der Waals surface area contributed by atoms with Gasteiger partial charge in [-0.1, -0.05) is 0 Å². The molecule has 0 aromatic carbocycles. The summed E-state index contributed by atoms with van der Waals surface area (Å²) in [6.07, 6.45) is 2.54. The minimum absolute atomic E-state index is 0.0644. The van der Waals surface area contributed by atoms with Gasteiger partial charge in [-0.25, -0.2) is 4.98 Å². The van der Waals surface area contributed by atoms with Gasteiger partial charge in [-0.2, -0.15) is 11.8 Å². The lowest BCUT2D eigenvalue weighted by Crippen LogP contribution is -2.34. The Bertz CT molecular complexity index is 919. The molecule has 1 atom stereocenters. The molecular formula is C18H23N3O4S2. The number of nitrogens with one attached hydrogen (secondary N) is 1. The van der Waals surface area contributed by atoms with E-state index in [9.17, 15) is 14.4 Å². The van der Waals surface area contributed by atoms with Crippen LogP contribution >= 0.6 is 23.1 Å². The predicted octanol–water partition coefficient (Wildman–Crippen LogP) is 2.12. The van der Waals surface area contributed by atoms with Crippen molar-refractivity contribution in [1.82, 2.24) is 14.9 Å². The Hall–Kier alpha value is -1.87. The molecule has 146 valence electrons. The maximum atomic E-state index is 12.4. The average molecular weight is 410 g/mol. The zero-order chi connectivity index (χ0) is 19.6. The highest BCUT2D eigenvalue weighted by molar-refractivity contribution is 7.98. The number of nitrogens with zero attached hydrogens (tertiary/aromatic N) is 2. The van der Waals surface area contributed by atoms with Crippen molar-refractivity contribution in [2.75, 3.05) is 19.8 Å². The molecule has 27 heavy (non-hydrogen) atoms. The first-order valence-corrected chi connectivity index (χ1v) is 10.9. The van der Waals surface area contributed by atoms with E-state index in [-0.39, 0.29) is 17.9 Å². The van der Waals surface area contributed by atoms with Crippen LogP contribution in [-0.2, 0) is 32.9 Å². The fourth-order valence-electron chi connectivity index (χ4n) is 3.11. The van der Waals surface area contributed by atoms with Gasteiger partial charge in [0.2, 0.25) is 0 Å². The summed E-state index contributed by atoms with van der Waals surface area (Å²) in [5.74, 6) is 1.03. The molecule has 0 fully saturated rings. The van der Waals surface area contributed by atoms with E-state index in [2.05, 4.69) is 9.97 Å². The first kappa shape index (κ1) is 19.9. The average Bonchev–Trinajstić information content (AvgIpc) is 3.18. The predicted molar refractivity (Wildman–Crippen MR) is 107 cm³/mol. The summed E-state index contributed by atoms with van der Waals surface area (Å²) in [6.45, 7) is 1.57. The van der Waals surface area contributed by atoms with Crippen molar-refractivity contribution in [3.8, 4) is 0 Å². The minimum atomic E-state index is -0.779. The number of H-pyrrole nitrogens is 1. The normalized spacial score (nSPS) is 14.2. The number of carbonyl (C=O) groups is 2. The van der Waals surface area contributed by atoms with E-state index < -0.39 is 12.1 Å². The lowest BCUT2D eigenvalue weighted by Gasteiger charge is -2.17. The van der Waals surface area contributed by atoms with Crippen LogP contribution < -0.4 is 5.56 Å². The Morgan fingerprint density at radius 2 is 2.15 bits per heavy atom. The zero-order valence-corrected chi connectivity index (χ0v) is 17.3. The Kier molecular flexibility index (Phi) is 6.21. The molecule has 1 N–H and O–H groups in total. The second-order valence-electron chi connectivity index (χ2n) is 6.72. The number of fused-ring (bicyclic) bond motifs is 3. The van der Waals surface area contributed by atoms with Crippen LogP contribution in [0.4, 0.5) is 0 Å². The molecule has 2 heterocycles. The van der Waals surface area contributed by atoms with E-state index >= 15 is 0 Å². The third-order valence-corrected chi connectivity index (χ3v) is 6.57. The third kappa shape index (κ3) is 4.52. The summed E-state index contributed by atoms with van der Waals surface area (Å²) in [5.41, 5.74) is 1.11. The van der Waals surface area contributed by atoms with Crippen molar-refractivity contribution in [3.05, 3.63) is 26.6 Å². The molecule has 0 saturated heterocycles. The summed E-state index contributed by atoms with van der Waals surface area (Å²) in [4.78, 5) is 46.8. The topological polar surface area (TPSA) is 92.4 Å². The summed E-state index contributed by atoms with van der Waals surface area (Å²) < 4.78 is 5.12. The van der Waals surface area contributed by atoms with E-state index in [1.807, 2.05) is 0 Å². The number of thioether (sulfide) groups is 1. The maximum Gasteiger partial charge on any atom is 0.307 e. The van der Waals surface area contributed by atoms with Gasteiger partial charge in [-0.15, -0.1) is 11.3 Å². The fourth-order valence-corrected chi connectivity index (χ4v) is 5.18. The van der Waals surface area contributed by atoms with Gasteiger partial charge in [-0.3, -0.25) is 14.4 Å². The van der Waals surface area contributed by atoms with Crippen molar-refractivity contribution < 1.29 is 14.3 Å². The number of esters is 1. The highest BCUT2D eigenvalue weighted by Crippen LogP contribution is 2.34. The van der Waals surface area contributed by atoms with E-state index in [4.69, 9.17) is 4.74 Å². The van der Waals surface area contributed by atoms with Crippen molar-refractivity contribution >= 4 is 45.2 Å². The van der Waals surface area contributed by atoms with Gasteiger partial charge in [0.1, 0.15) is 10.7 Å². The summed E-state index contributed by atoms with van der Waals surface area (Å²) in [6, 6.07) is 0. The second-order valence-corrected chi connectivity index (χ2v) is 8.91. The van der Waals surface area contributed by atoms with Crippen molar-refractivity contribution in [2.24, 2.45) is 0 Å². The van der Waals surface area contributed by atoms with Gasteiger partial charge in [0.15, 0.2) is 6.10 Å². The number of amides is 1. The number of likely N-dealkylation sites (N-methyl/N-ethyl adjacent to an activating group) is 1. The summed E-state index contributed by atoms with van der Waals surface area (Å²) in [7, 11) is 3.24. The molecule has 9 heteroatoms. The number of hydrogen-bond donors (Lipinski definition) is 1. The van der Waals surface area contributed by atoms with Gasteiger partial charge in [-0.05, 0) is 31.7 Å². The summed E-state index contributed by atoms with van der Waals surface area (Å²) >= 11 is 3.12. The first-order chi connectivity index (χ1) is 12.9. The van der Waals surface area contributed by atoms with Crippen LogP contribution in [0.5, 0.6) is 0 Å². The van der Waals surface area contributed by atoms with Gasteiger partial charge >= 0.3 is 5.97 Å². The van der Waals surface area contributed by atoms with Crippen LogP contribution in [0.25, 0.3) is 10.2 Å². The number of carbonyl (C=O) groups excluding carboxylic acids is 2. The van der Waals surface area contributed by atoms with Crippen LogP contribution in [-0.4, -0.2) is 52.7 Å². The highest BCUT2D eigenvalue weighted by Gasteiger charge is 2.21. The minimum Gasteiger partial charge on any atom is -0.453 e. The van der Waals surface area contributed by atoms with Crippen LogP contribution in [0.2, 0.25) is 0 Å². The van der Waals surface area contributed by atoms with Crippen LogP contribution in [0.15, 0.2) is 4.79 Å². The van der Waals surface area contributed by atoms with Gasteiger partial charge < -0.3 is 14.6 Å². The molecule has 2 aromatic rings. The molecule has 1 amide bonds. The standard InChI is InChI=1S/C18H23N3O4S2/c1-10(18(24)21(2)3)25-14(22)7-8-26-9-13-19-16(23)15-11-5-4-6-12(11)27-17(15)20-13/h10H,4-9H2,1-3H3,(H,19,20,23)/t10-/m0/s1. The number of aryl methyl sites for hydroxylation is 2. The number of thiophene rings is 1. The van der Waals surface area contributed by atoms with Crippen LogP contribution in [0, 0.1) is 0 Å². The Labute approximate surface area is 165 Å². The molecule has 1 aliphatic rings. The van der Waals surface area contributed by atoms with Gasteiger partial charge in [0, 0.05) is 24.7 Å². The second kappa shape index (κ2) is 8.43. The number of hydrogen-bond acceptors (Lipinski definition) is 7. The Balaban J connectivity index is 1.50. The number of rotatable bonds is 7. The lowest BCUT2D eigenvalue weighted by molar-refractivity contribution is -0.157. The van der Waals surface area contributed by atoms with Crippen LogP contribution in [0.3, 0.4) is 0 Å². The quantitative estimate of drug-likeness (QED) is 0.556. The number of aromatic amines is 1. The van der Waals surface area contributed by atoms with Gasteiger partial charge in [0.05, 0.1) is 17.6 Å². The molecular weight excluding hydrogens is 386 g/mol. The smallest absolute Gasteiger partial charge is 0.307 e. The lowest BCUT2D eigenvalue weighted by atomic mass is 10.2. The fraction of sp³-hybridized carbons (Fsp3) is 0.556. The summed E-state index contributed by atoms with van der Waals surface area (Å²) in [5, 5.41) is 0.754. The van der Waals surface area contributed by atoms with Gasteiger partial charge in [0.25, 0.3) is 11.5 Å². The maximum absolute atomic E-state index is 12.4. The van der Waals surface area contributed by atoms with Crippen LogP contribution in [0.1, 0.15) is 36.0 Å². The third-order valence-electron chi connectivity index (χ3n) is 4.41. The largest absolute Gasteiger partial charge is 0.453 e. The molecule has 0 unspecified atom stereocenters. The zero-order valence-electron chi connectivity index (χ0n) is 15.7. The van der Waals surface area contributed by atoms with E-state index in [1.165, 1.54) is 27.1 Å². The highest BCUT2D eigenvalue weighted by atomic mass is 32.2. The molecule has 2 aromatic heterocycles. The molecule has 0 bridgehead atoms. The monoisotopic (exact) mass is 409 g/mol. The number of aromatic nitrogens is 2. The molecule has 0 radical (unpaired) electrons. The molecule has 0 aliphatic heterocycles. The van der Waals surface area contributed by atoms with Crippen molar-refractivity contribution in [3.63, 3.8) is 0 Å². The molecule has 7 nitrogen and oxygen atoms in total. The molecule has 3 rings (SSSR count).